The number of carbonyl (C=O) groups excluding carboxylic acids is 2. The first-order valence-electron chi connectivity index (χ1n) is 11.8. The molecule has 0 radical (unpaired) electrons. The molecular weight excluding hydrogens is 569 g/mol. The lowest BCUT2D eigenvalue weighted by Crippen LogP contribution is -2.53. The summed E-state index contributed by atoms with van der Waals surface area (Å²) in [6.07, 6.45) is 0.203. The van der Waals surface area contributed by atoms with Crippen LogP contribution in [0.15, 0.2) is 77.7 Å². The Labute approximate surface area is 238 Å². The molecule has 0 saturated heterocycles. The van der Waals surface area contributed by atoms with Crippen molar-refractivity contribution in [2.24, 2.45) is 0 Å². The van der Waals surface area contributed by atoms with Gasteiger partial charge in [-0.25, -0.2) is 8.42 Å². The van der Waals surface area contributed by atoms with Gasteiger partial charge in [-0.3, -0.25) is 9.59 Å². The van der Waals surface area contributed by atoms with E-state index in [4.69, 9.17) is 34.8 Å². The lowest BCUT2D eigenvalue weighted by Gasteiger charge is -2.33. The lowest BCUT2D eigenvalue weighted by atomic mass is 10.0. The number of hydrogen-bond donors (Lipinski definition) is 1. The molecule has 202 valence electrons. The van der Waals surface area contributed by atoms with Crippen molar-refractivity contribution < 1.29 is 18.0 Å². The number of sulfonamides is 1. The molecule has 0 aromatic heterocycles. The SMILES string of the molecule is CCNC(=O)[C@@H](Cc1ccccc1)N(Cc1c(Cl)cccc1Cl)C(=O)CN(C)S(=O)(=O)c1ccc(Cl)cc1. The van der Waals surface area contributed by atoms with Crippen molar-refractivity contribution >= 4 is 56.6 Å². The fraction of sp³-hybridized carbons (Fsp3) is 0.259. The lowest BCUT2D eigenvalue weighted by molar-refractivity contribution is -0.141. The number of hydrogen-bond acceptors (Lipinski definition) is 4. The molecule has 3 aromatic rings. The zero-order chi connectivity index (χ0) is 27.9. The number of carbonyl (C=O) groups is 2. The molecule has 3 rings (SSSR count). The van der Waals surface area contributed by atoms with Gasteiger partial charge in [0.05, 0.1) is 11.4 Å². The second kappa shape index (κ2) is 13.4. The quantitative estimate of drug-likeness (QED) is 0.336. The standard InChI is InChI=1S/C27H28Cl3N3O4S/c1-3-31-27(35)25(16-19-8-5-4-6-9-19)33(17-22-23(29)10-7-11-24(22)30)26(34)18-32(2)38(36,37)21-14-12-20(28)13-15-21/h4-15,25H,3,16-18H2,1-2H3,(H,31,35)/t25-/m1/s1. The van der Waals surface area contributed by atoms with Crippen LogP contribution in [-0.4, -0.2) is 55.6 Å². The molecule has 0 aliphatic rings. The molecule has 3 aromatic carbocycles. The van der Waals surface area contributed by atoms with Crippen LogP contribution in [0.3, 0.4) is 0 Å². The molecule has 38 heavy (non-hydrogen) atoms. The normalized spacial score (nSPS) is 12.3. The number of rotatable bonds is 11. The van der Waals surface area contributed by atoms with Gasteiger partial charge in [-0.2, -0.15) is 4.31 Å². The van der Waals surface area contributed by atoms with Crippen LogP contribution < -0.4 is 5.32 Å². The van der Waals surface area contributed by atoms with Crippen molar-refractivity contribution in [2.75, 3.05) is 20.1 Å². The molecule has 7 nitrogen and oxygen atoms in total. The Balaban J connectivity index is 2.00. The molecule has 0 aliphatic heterocycles. The highest BCUT2D eigenvalue weighted by molar-refractivity contribution is 7.89. The molecule has 0 fully saturated rings. The number of amides is 2. The minimum atomic E-state index is -4.01. The number of halogens is 3. The first-order chi connectivity index (χ1) is 18.0. The van der Waals surface area contributed by atoms with Crippen LogP contribution in [0.4, 0.5) is 0 Å². The number of nitrogens with zero attached hydrogens (tertiary/aromatic N) is 2. The van der Waals surface area contributed by atoms with Crippen LogP contribution in [0.2, 0.25) is 15.1 Å². The van der Waals surface area contributed by atoms with Gasteiger partial charge in [0, 0.05) is 47.2 Å². The van der Waals surface area contributed by atoms with E-state index in [1.807, 2.05) is 30.3 Å². The monoisotopic (exact) mass is 595 g/mol. The maximum atomic E-state index is 13.8. The van der Waals surface area contributed by atoms with Crippen LogP contribution >= 0.6 is 34.8 Å². The minimum absolute atomic E-state index is 0.0116. The van der Waals surface area contributed by atoms with Gasteiger partial charge in [0.25, 0.3) is 0 Å². The average Bonchev–Trinajstić information content (AvgIpc) is 2.88. The van der Waals surface area contributed by atoms with E-state index in [2.05, 4.69) is 5.32 Å². The molecule has 0 spiro atoms. The molecule has 0 bridgehead atoms. The molecular formula is C27H28Cl3N3O4S. The van der Waals surface area contributed by atoms with Crippen LogP contribution in [0.25, 0.3) is 0 Å². The largest absolute Gasteiger partial charge is 0.355 e. The van der Waals surface area contributed by atoms with Crippen LogP contribution in [0.5, 0.6) is 0 Å². The highest BCUT2D eigenvalue weighted by Gasteiger charge is 2.33. The summed E-state index contributed by atoms with van der Waals surface area (Å²) in [6.45, 7) is 1.52. The van der Waals surface area contributed by atoms with E-state index < -0.39 is 28.5 Å². The van der Waals surface area contributed by atoms with Gasteiger partial charge in [0.2, 0.25) is 21.8 Å². The summed E-state index contributed by atoms with van der Waals surface area (Å²) >= 11 is 18.7. The molecule has 0 aliphatic carbocycles. The zero-order valence-electron chi connectivity index (χ0n) is 20.9. The summed E-state index contributed by atoms with van der Waals surface area (Å²) < 4.78 is 27.3. The van der Waals surface area contributed by atoms with Gasteiger partial charge in [0.1, 0.15) is 6.04 Å². The zero-order valence-corrected chi connectivity index (χ0v) is 24.0. The van der Waals surface area contributed by atoms with Crippen LogP contribution in [0.1, 0.15) is 18.1 Å². The predicted octanol–water partition coefficient (Wildman–Crippen LogP) is 5.04. The van der Waals surface area contributed by atoms with Crippen molar-refractivity contribution in [2.45, 2.75) is 30.8 Å². The third-order valence-corrected chi connectivity index (χ3v) is 8.67. The van der Waals surface area contributed by atoms with Gasteiger partial charge in [0.15, 0.2) is 0 Å². The molecule has 2 amide bonds. The fourth-order valence-electron chi connectivity index (χ4n) is 3.85. The summed E-state index contributed by atoms with van der Waals surface area (Å²) in [5.41, 5.74) is 1.28. The van der Waals surface area contributed by atoms with E-state index >= 15 is 0 Å². The summed E-state index contributed by atoms with van der Waals surface area (Å²) in [5, 5.41) is 3.82. The van der Waals surface area contributed by atoms with Crippen molar-refractivity contribution in [1.29, 1.82) is 0 Å². The van der Waals surface area contributed by atoms with E-state index in [0.29, 0.717) is 27.2 Å². The average molecular weight is 597 g/mol. The fourth-order valence-corrected chi connectivity index (χ4v) is 5.62. The van der Waals surface area contributed by atoms with Crippen molar-refractivity contribution in [3.63, 3.8) is 0 Å². The maximum Gasteiger partial charge on any atom is 0.243 e. The first kappa shape index (κ1) is 29.9. The Hall–Kier alpha value is -2.62. The Morgan fingerprint density at radius 2 is 1.50 bits per heavy atom. The van der Waals surface area contributed by atoms with E-state index in [1.165, 1.54) is 36.2 Å². The smallest absolute Gasteiger partial charge is 0.243 e. The van der Waals surface area contributed by atoms with Crippen molar-refractivity contribution in [1.82, 2.24) is 14.5 Å². The summed E-state index contributed by atoms with van der Waals surface area (Å²) in [6, 6.07) is 18.9. The van der Waals surface area contributed by atoms with Gasteiger partial charge in [-0.05, 0) is 48.9 Å². The second-order valence-corrected chi connectivity index (χ2v) is 11.8. The predicted molar refractivity (Wildman–Crippen MR) is 151 cm³/mol. The molecule has 0 saturated carbocycles. The highest BCUT2D eigenvalue weighted by atomic mass is 35.5. The first-order valence-corrected chi connectivity index (χ1v) is 14.4. The van der Waals surface area contributed by atoms with Crippen molar-refractivity contribution in [3.8, 4) is 0 Å². The van der Waals surface area contributed by atoms with E-state index in [-0.39, 0.29) is 23.8 Å². The Bertz CT molecular complexity index is 1350. The topological polar surface area (TPSA) is 86.8 Å². The van der Waals surface area contributed by atoms with Crippen molar-refractivity contribution in [3.05, 3.63) is 99.0 Å². The molecule has 1 N–H and O–H groups in total. The third kappa shape index (κ3) is 7.48. The Kier molecular flexibility index (Phi) is 10.6. The van der Waals surface area contributed by atoms with Crippen LogP contribution in [0, 0.1) is 0 Å². The van der Waals surface area contributed by atoms with Gasteiger partial charge in [-0.15, -0.1) is 0 Å². The minimum Gasteiger partial charge on any atom is -0.355 e. The Morgan fingerprint density at radius 3 is 2.08 bits per heavy atom. The summed E-state index contributed by atoms with van der Waals surface area (Å²) in [4.78, 5) is 28.4. The van der Waals surface area contributed by atoms with E-state index in [1.54, 1.807) is 25.1 Å². The van der Waals surface area contributed by atoms with Gasteiger partial charge < -0.3 is 10.2 Å². The van der Waals surface area contributed by atoms with Gasteiger partial charge in [-0.1, -0.05) is 71.2 Å². The number of benzene rings is 3. The number of likely N-dealkylation sites (N-methyl/N-ethyl adjacent to an activating group) is 2. The molecule has 11 heteroatoms. The summed E-state index contributed by atoms with van der Waals surface area (Å²) in [7, 11) is -2.71. The molecule has 1 atom stereocenters. The molecule has 0 heterocycles. The number of nitrogens with one attached hydrogen (secondary N) is 1. The highest BCUT2D eigenvalue weighted by Crippen LogP contribution is 2.27. The molecule has 0 unspecified atom stereocenters. The van der Waals surface area contributed by atoms with Gasteiger partial charge >= 0.3 is 0 Å². The third-order valence-electron chi connectivity index (χ3n) is 5.89. The van der Waals surface area contributed by atoms with E-state index in [9.17, 15) is 18.0 Å². The van der Waals surface area contributed by atoms with E-state index in [0.717, 1.165) is 9.87 Å². The maximum absolute atomic E-state index is 13.8. The Morgan fingerprint density at radius 1 is 0.895 bits per heavy atom. The summed E-state index contributed by atoms with van der Waals surface area (Å²) in [5.74, 6) is -0.968. The second-order valence-electron chi connectivity index (χ2n) is 8.54. The van der Waals surface area contributed by atoms with Crippen LogP contribution in [-0.2, 0) is 32.6 Å².